The maximum atomic E-state index is 11.9. The van der Waals surface area contributed by atoms with Crippen molar-refractivity contribution in [2.45, 2.75) is 66.0 Å². The molecular weight excluding hydrogens is 290 g/mol. The third-order valence-electron chi connectivity index (χ3n) is 3.96. The van der Waals surface area contributed by atoms with Crippen LogP contribution in [0.25, 0.3) is 0 Å². The first-order chi connectivity index (χ1) is 10.8. The van der Waals surface area contributed by atoms with Gasteiger partial charge in [0.1, 0.15) is 6.61 Å². The van der Waals surface area contributed by atoms with Gasteiger partial charge in [0.05, 0.1) is 6.04 Å². The Morgan fingerprint density at radius 2 is 1.87 bits per heavy atom. The Morgan fingerprint density at radius 1 is 1.22 bits per heavy atom. The van der Waals surface area contributed by atoms with Gasteiger partial charge in [-0.1, -0.05) is 63.9 Å². The summed E-state index contributed by atoms with van der Waals surface area (Å²) in [5, 5.41) is 2.71. The van der Waals surface area contributed by atoms with Crippen molar-refractivity contribution in [2.24, 2.45) is 5.41 Å². The highest BCUT2D eigenvalue weighted by molar-refractivity contribution is 5.85. The van der Waals surface area contributed by atoms with Gasteiger partial charge in [-0.3, -0.25) is 4.79 Å². The van der Waals surface area contributed by atoms with E-state index < -0.39 is 12.1 Å². The lowest BCUT2D eigenvalue weighted by molar-refractivity contribution is -0.119. The number of hydrogen-bond donors (Lipinski definition) is 1. The van der Waals surface area contributed by atoms with Crippen molar-refractivity contribution in [1.29, 1.82) is 0 Å². The van der Waals surface area contributed by atoms with Crippen LogP contribution in [0, 0.1) is 5.41 Å². The zero-order valence-electron chi connectivity index (χ0n) is 14.7. The molecule has 4 heteroatoms. The number of carbonyl (C=O) groups is 2. The van der Waals surface area contributed by atoms with E-state index in [-0.39, 0.29) is 17.8 Å². The molecule has 0 saturated carbocycles. The van der Waals surface area contributed by atoms with Crippen LogP contribution in [0.2, 0.25) is 0 Å². The van der Waals surface area contributed by atoms with Gasteiger partial charge in [-0.05, 0) is 30.7 Å². The molecular formula is C19H29NO3. The number of benzene rings is 1. The zero-order chi connectivity index (χ0) is 17.3. The second kappa shape index (κ2) is 9.33. The smallest absolute Gasteiger partial charge is 0.408 e. The summed E-state index contributed by atoms with van der Waals surface area (Å²) in [5.41, 5.74) is 0.935. The Bertz CT molecular complexity index is 497. The molecule has 1 amide bonds. The highest BCUT2D eigenvalue weighted by atomic mass is 16.5. The van der Waals surface area contributed by atoms with E-state index in [9.17, 15) is 9.59 Å². The second-order valence-corrected chi connectivity index (χ2v) is 6.84. The van der Waals surface area contributed by atoms with E-state index in [1.54, 1.807) is 0 Å². The minimum atomic E-state index is -0.541. The zero-order valence-corrected chi connectivity index (χ0v) is 14.7. The quantitative estimate of drug-likeness (QED) is 0.730. The van der Waals surface area contributed by atoms with Crippen molar-refractivity contribution < 1.29 is 14.3 Å². The lowest BCUT2D eigenvalue weighted by Crippen LogP contribution is -2.42. The minimum Gasteiger partial charge on any atom is -0.445 e. The molecule has 0 heterocycles. The van der Waals surface area contributed by atoms with Crippen molar-refractivity contribution in [2.75, 3.05) is 0 Å². The maximum Gasteiger partial charge on any atom is 0.408 e. The van der Waals surface area contributed by atoms with Gasteiger partial charge in [0.15, 0.2) is 5.78 Å². The van der Waals surface area contributed by atoms with Gasteiger partial charge in [0.2, 0.25) is 0 Å². The molecule has 1 N–H and O–H groups in total. The number of amides is 1. The summed E-state index contributed by atoms with van der Waals surface area (Å²) in [6, 6.07) is 8.99. The van der Waals surface area contributed by atoms with Gasteiger partial charge in [-0.25, -0.2) is 4.79 Å². The van der Waals surface area contributed by atoms with Gasteiger partial charge in [-0.15, -0.1) is 0 Å². The first-order valence-corrected chi connectivity index (χ1v) is 8.32. The molecule has 0 aliphatic rings. The fourth-order valence-electron chi connectivity index (χ4n) is 2.51. The van der Waals surface area contributed by atoms with Gasteiger partial charge in [-0.2, -0.15) is 0 Å². The van der Waals surface area contributed by atoms with Crippen LogP contribution >= 0.6 is 0 Å². The van der Waals surface area contributed by atoms with Crippen LogP contribution in [-0.4, -0.2) is 17.9 Å². The normalized spacial score (nSPS) is 12.5. The summed E-state index contributed by atoms with van der Waals surface area (Å²) < 4.78 is 5.20. The molecule has 0 aliphatic heterocycles. The van der Waals surface area contributed by atoms with Crippen LogP contribution in [0.15, 0.2) is 30.3 Å². The Balaban J connectivity index is 2.51. The first kappa shape index (κ1) is 19.2. The van der Waals surface area contributed by atoms with Crippen LogP contribution in [0.3, 0.4) is 0 Å². The Kier molecular flexibility index (Phi) is 7.79. The summed E-state index contributed by atoms with van der Waals surface area (Å²) in [5.74, 6) is -0.0359. The lowest BCUT2D eigenvalue weighted by atomic mass is 9.80. The van der Waals surface area contributed by atoms with Crippen molar-refractivity contribution in [3.63, 3.8) is 0 Å². The van der Waals surface area contributed by atoms with E-state index in [1.807, 2.05) is 30.3 Å². The molecule has 128 valence electrons. The largest absolute Gasteiger partial charge is 0.445 e. The number of unbranched alkanes of at least 4 members (excludes halogenated alkanes) is 1. The molecule has 1 aromatic rings. The van der Waals surface area contributed by atoms with E-state index >= 15 is 0 Å². The molecule has 4 nitrogen and oxygen atoms in total. The van der Waals surface area contributed by atoms with Gasteiger partial charge < -0.3 is 10.1 Å². The predicted octanol–water partition coefficient (Wildman–Crippen LogP) is 4.48. The summed E-state index contributed by atoms with van der Waals surface area (Å²) in [6.45, 7) is 8.14. The molecule has 0 aromatic heterocycles. The minimum absolute atomic E-state index is 0.0130. The Morgan fingerprint density at radius 3 is 2.43 bits per heavy atom. The fourth-order valence-corrected chi connectivity index (χ4v) is 2.51. The second-order valence-electron chi connectivity index (χ2n) is 6.84. The number of rotatable bonds is 9. The molecule has 0 aliphatic carbocycles. The van der Waals surface area contributed by atoms with E-state index in [4.69, 9.17) is 4.74 Å². The molecule has 1 atom stereocenters. The maximum absolute atomic E-state index is 11.9. The highest BCUT2D eigenvalue weighted by Gasteiger charge is 2.27. The standard InChI is InChI=1S/C19H29NO3/c1-5-6-12-19(3,4)13-17(15(2)21)20-18(22)23-14-16-10-8-7-9-11-16/h7-11,17H,5-6,12-14H2,1-4H3,(H,20,22)/t17-/m0/s1. The number of carbonyl (C=O) groups excluding carboxylic acids is 2. The molecule has 0 unspecified atom stereocenters. The summed E-state index contributed by atoms with van der Waals surface area (Å²) in [4.78, 5) is 23.8. The van der Waals surface area contributed by atoms with Crippen molar-refractivity contribution in [3.05, 3.63) is 35.9 Å². The van der Waals surface area contributed by atoms with E-state index in [0.717, 1.165) is 24.8 Å². The topological polar surface area (TPSA) is 55.4 Å². The predicted molar refractivity (Wildman–Crippen MR) is 92.2 cm³/mol. The van der Waals surface area contributed by atoms with Crippen LogP contribution < -0.4 is 5.32 Å². The van der Waals surface area contributed by atoms with E-state index in [2.05, 4.69) is 26.1 Å². The van der Waals surface area contributed by atoms with Crippen molar-refractivity contribution in [3.8, 4) is 0 Å². The molecule has 0 spiro atoms. The number of ether oxygens (including phenoxy) is 1. The van der Waals surface area contributed by atoms with Gasteiger partial charge >= 0.3 is 6.09 Å². The van der Waals surface area contributed by atoms with E-state index in [1.165, 1.54) is 6.92 Å². The van der Waals surface area contributed by atoms with Crippen LogP contribution in [0.4, 0.5) is 4.79 Å². The van der Waals surface area contributed by atoms with Crippen LogP contribution in [0.5, 0.6) is 0 Å². The Hall–Kier alpha value is -1.84. The summed E-state index contributed by atoms with van der Waals surface area (Å²) in [7, 11) is 0. The number of Topliss-reactive ketones (excluding diaryl/α,β-unsaturated/α-hetero) is 1. The van der Waals surface area contributed by atoms with Crippen LogP contribution in [-0.2, 0) is 16.1 Å². The van der Waals surface area contributed by atoms with Gasteiger partial charge in [0.25, 0.3) is 0 Å². The summed E-state index contributed by atoms with van der Waals surface area (Å²) in [6.07, 6.45) is 3.37. The van der Waals surface area contributed by atoms with E-state index in [0.29, 0.717) is 6.42 Å². The molecule has 1 rings (SSSR count). The SMILES string of the molecule is CCCCC(C)(C)C[C@H](NC(=O)OCc1ccccc1)C(C)=O. The number of ketones is 1. The number of hydrogen-bond acceptors (Lipinski definition) is 3. The lowest BCUT2D eigenvalue weighted by Gasteiger charge is -2.29. The molecule has 0 fully saturated rings. The third kappa shape index (κ3) is 7.82. The summed E-state index contributed by atoms with van der Waals surface area (Å²) >= 11 is 0. The molecule has 23 heavy (non-hydrogen) atoms. The molecule has 0 saturated heterocycles. The number of nitrogens with one attached hydrogen (secondary N) is 1. The average Bonchev–Trinajstić information content (AvgIpc) is 2.51. The van der Waals surface area contributed by atoms with Gasteiger partial charge in [0, 0.05) is 0 Å². The molecule has 0 radical (unpaired) electrons. The molecule has 0 bridgehead atoms. The van der Waals surface area contributed by atoms with Crippen molar-refractivity contribution in [1.82, 2.24) is 5.32 Å². The highest BCUT2D eigenvalue weighted by Crippen LogP contribution is 2.29. The fraction of sp³-hybridized carbons (Fsp3) is 0.579. The monoisotopic (exact) mass is 319 g/mol. The van der Waals surface area contributed by atoms with Crippen LogP contribution in [0.1, 0.15) is 58.9 Å². The molecule has 1 aromatic carbocycles. The average molecular weight is 319 g/mol. The first-order valence-electron chi connectivity index (χ1n) is 8.32. The third-order valence-corrected chi connectivity index (χ3v) is 3.96. The van der Waals surface area contributed by atoms with Crippen molar-refractivity contribution >= 4 is 11.9 Å². The number of alkyl carbamates (subject to hydrolysis) is 1. The Labute approximate surface area is 139 Å².